The Morgan fingerprint density at radius 3 is 2.65 bits per heavy atom. The van der Waals surface area contributed by atoms with E-state index >= 15 is 0 Å². The number of carbonyl (C=O) groups is 2. The molecule has 3 amide bonds. The number of para-hydroxylation sites is 1. The van der Waals surface area contributed by atoms with Crippen LogP contribution in [0.2, 0.25) is 0 Å². The molecule has 1 aromatic carbocycles. The molecule has 0 aliphatic carbocycles. The molecule has 3 rings (SSSR count). The van der Waals surface area contributed by atoms with Crippen LogP contribution in [0.4, 0.5) is 10.5 Å². The maximum absolute atomic E-state index is 12.2. The van der Waals surface area contributed by atoms with E-state index in [1.165, 1.54) is 16.0 Å². The van der Waals surface area contributed by atoms with Crippen molar-refractivity contribution in [3.63, 3.8) is 0 Å². The number of urea groups is 1. The van der Waals surface area contributed by atoms with Crippen LogP contribution in [0.3, 0.4) is 0 Å². The number of thiophene rings is 1. The van der Waals surface area contributed by atoms with Crippen LogP contribution in [-0.4, -0.2) is 32.1 Å². The van der Waals surface area contributed by atoms with Gasteiger partial charge in [-0.3, -0.25) is 10.1 Å². The van der Waals surface area contributed by atoms with E-state index in [4.69, 9.17) is 5.84 Å². The normalized spacial score (nSPS) is 11.7. The number of nitrogens with zero attached hydrogens (tertiary/aromatic N) is 3. The number of amides is 3. The second-order valence-electron chi connectivity index (χ2n) is 5.22. The Labute approximate surface area is 157 Å². The van der Waals surface area contributed by atoms with E-state index in [0.717, 1.165) is 16.6 Å². The van der Waals surface area contributed by atoms with Crippen molar-refractivity contribution in [2.45, 2.75) is 17.3 Å². The number of anilines is 1. The highest BCUT2D eigenvalue weighted by Gasteiger charge is 2.21. The van der Waals surface area contributed by atoms with Gasteiger partial charge in [0, 0.05) is 5.69 Å². The van der Waals surface area contributed by atoms with Crippen molar-refractivity contribution in [3.8, 4) is 10.7 Å². The summed E-state index contributed by atoms with van der Waals surface area (Å²) in [7, 11) is 0. The molecule has 1 unspecified atom stereocenters. The highest BCUT2D eigenvalue weighted by molar-refractivity contribution is 8.00. The molecule has 3 aromatic rings. The topological polar surface area (TPSA) is 115 Å². The Hall–Kier alpha value is -2.85. The van der Waals surface area contributed by atoms with Gasteiger partial charge in [0.15, 0.2) is 5.82 Å². The first-order valence-corrected chi connectivity index (χ1v) is 9.38. The van der Waals surface area contributed by atoms with E-state index in [1.807, 2.05) is 23.6 Å². The first-order chi connectivity index (χ1) is 12.5. The van der Waals surface area contributed by atoms with E-state index in [1.54, 1.807) is 31.2 Å². The van der Waals surface area contributed by atoms with Crippen LogP contribution in [0.5, 0.6) is 0 Å². The van der Waals surface area contributed by atoms with E-state index in [-0.39, 0.29) is 0 Å². The SMILES string of the molecule is CC(Sc1nnc(-c2cccs2)n1N)C(=O)NC(=O)Nc1ccccc1. The van der Waals surface area contributed by atoms with Gasteiger partial charge >= 0.3 is 6.03 Å². The molecule has 8 nitrogen and oxygen atoms in total. The molecule has 0 aliphatic heterocycles. The Morgan fingerprint density at radius 1 is 1.19 bits per heavy atom. The monoisotopic (exact) mass is 388 g/mol. The van der Waals surface area contributed by atoms with Gasteiger partial charge < -0.3 is 11.2 Å². The first-order valence-electron chi connectivity index (χ1n) is 7.62. The summed E-state index contributed by atoms with van der Waals surface area (Å²) in [6.45, 7) is 1.66. The molecule has 0 aliphatic rings. The summed E-state index contributed by atoms with van der Waals surface area (Å²) in [5.41, 5.74) is 0.598. The number of hydrogen-bond donors (Lipinski definition) is 3. The number of hydrogen-bond acceptors (Lipinski definition) is 7. The highest BCUT2D eigenvalue weighted by atomic mass is 32.2. The van der Waals surface area contributed by atoms with Gasteiger partial charge in [-0.15, -0.1) is 21.5 Å². The molecular formula is C16H16N6O2S2. The number of benzene rings is 1. The molecule has 2 heterocycles. The molecule has 10 heteroatoms. The van der Waals surface area contributed by atoms with Crippen LogP contribution in [0.15, 0.2) is 53.0 Å². The van der Waals surface area contributed by atoms with E-state index in [9.17, 15) is 9.59 Å². The van der Waals surface area contributed by atoms with Crippen LogP contribution in [-0.2, 0) is 4.79 Å². The zero-order valence-corrected chi connectivity index (χ0v) is 15.4. The molecule has 0 fully saturated rings. The molecule has 0 bridgehead atoms. The zero-order chi connectivity index (χ0) is 18.5. The maximum Gasteiger partial charge on any atom is 0.325 e. The van der Waals surface area contributed by atoms with Crippen LogP contribution >= 0.6 is 23.1 Å². The lowest BCUT2D eigenvalue weighted by atomic mass is 10.3. The minimum absolute atomic E-state index is 0.388. The molecule has 26 heavy (non-hydrogen) atoms. The van der Waals surface area contributed by atoms with Crippen molar-refractivity contribution in [2.75, 3.05) is 11.2 Å². The number of nitrogens with two attached hydrogens (primary N) is 1. The molecule has 0 radical (unpaired) electrons. The third kappa shape index (κ3) is 4.21. The molecule has 1 atom stereocenters. The van der Waals surface area contributed by atoms with Crippen molar-refractivity contribution < 1.29 is 9.59 Å². The van der Waals surface area contributed by atoms with Gasteiger partial charge in [-0.05, 0) is 30.5 Å². The molecule has 0 spiro atoms. The molecule has 0 saturated heterocycles. The number of aromatic nitrogens is 3. The molecule has 2 aromatic heterocycles. The van der Waals surface area contributed by atoms with Gasteiger partial charge in [-0.25, -0.2) is 9.47 Å². The van der Waals surface area contributed by atoms with Gasteiger partial charge in [0.2, 0.25) is 11.1 Å². The lowest BCUT2D eigenvalue weighted by Crippen LogP contribution is -2.39. The highest BCUT2D eigenvalue weighted by Crippen LogP contribution is 2.27. The third-order valence-corrected chi connectivity index (χ3v) is 5.25. The summed E-state index contributed by atoms with van der Waals surface area (Å²) < 4.78 is 1.34. The van der Waals surface area contributed by atoms with Crippen LogP contribution in [0.1, 0.15) is 6.92 Å². The summed E-state index contributed by atoms with van der Waals surface area (Å²) in [6.07, 6.45) is 0. The average Bonchev–Trinajstić information content (AvgIpc) is 3.26. The molecular weight excluding hydrogens is 372 g/mol. The van der Waals surface area contributed by atoms with Gasteiger partial charge in [0.05, 0.1) is 10.1 Å². The van der Waals surface area contributed by atoms with E-state index in [2.05, 4.69) is 20.8 Å². The first kappa shape index (κ1) is 18.0. The van der Waals surface area contributed by atoms with Crippen molar-refractivity contribution in [1.29, 1.82) is 0 Å². The minimum atomic E-state index is -0.595. The van der Waals surface area contributed by atoms with Crippen molar-refractivity contribution in [1.82, 2.24) is 20.2 Å². The van der Waals surface area contributed by atoms with E-state index in [0.29, 0.717) is 16.7 Å². The fourth-order valence-electron chi connectivity index (χ4n) is 2.04. The van der Waals surface area contributed by atoms with Crippen LogP contribution < -0.4 is 16.5 Å². The second kappa shape index (κ2) is 8.02. The van der Waals surface area contributed by atoms with Crippen LogP contribution in [0.25, 0.3) is 10.7 Å². The van der Waals surface area contributed by atoms with Crippen molar-refractivity contribution >= 4 is 40.7 Å². The molecule has 0 saturated carbocycles. The van der Waals surface area contributed by atoms with Gasteiger partial charge in [0.1, 0.15) is 0 Å². The summed E-state index contributed by atoms with van der Waals surface area (Å²) in [5.74, 6) is 6.08. The number of nitrogens with one attached hydrogen (secondary N) is 2. The standard InChI is InChI=1S/C16H16N6O2S2/c1-10(14(23)19-15(24)18-11-6-3-2-4-7-11)26-16-21-20-13(22(16)17)12-8-5-9-25-12/h2-10H,17H2,1H3,(H2,18,19,23,24). The average molecular weight is 388 g/mol. The Bertz CT molecular complexity index is 895. The summed E-state index contributed by atoms with van der Waals surface area (Å²) in [6, 6.07) is 12.0. The Balaban J connectivity index is 1.58. The number of carbonyl (C=O) groups excluding carboxylic acids is 2. The summed E-state index contributed by atoms with van der Waals surface area (Å²) in [5, 5.41) is 14.7. The lowest BCUT2D eigenvalue weighted by molar-refractivity contribution is -0.119. The number of nitrogen functional groups attached to an aromatic ring is 1. The largest absolute Gasteiger partial charge is 0.335 e. The smallest absolute Gasteiger partial charge is 0.325 e. The van der Waals surface area contributed by atoms with Gasteiger partial charge in [-0.2, -0.15) is 0 Å². The Morgan fingerprint density at radius 2 is 1.96 bits per heavy atom. The summed E-state index contributed by atoms with van der Waals surface area (Å²) >= 11 is 2.61. The van der Waals surface area contributed by atoms with Crippen molar-refractivity contribution in [2.24, 2.45) is 0 Å². The van der Waals surface area contributed by atoms with Gasteiger partial charge in [-0.1, -0.05) is 36.0 Å². The number of imide groups is 1. The second-order valence-corrected chi connectivity index (χ2v) is 7.48. The predicted molar refractivity (Wildman–Crippen MR) is 102 cm³/mol. The number of rotatable bonds is 5. The zero-order valence-electron chi connectivity index (χ0n) is 13.7. The van der Waals surface area contributed by atoms with Crippen molar-refractivity contribution in [3.05, 3.63) is 47.8 Å². The third-order valence-electron chi connectivity index (χ3n) is 3.33. The minimum Gasteiger partial charge on any atom is -0.335 e. The maximum atomic E-state index is 12.2. The van der Waals surface area contributed by atoms with E-state index < -0.39 is 17.2 Å². The van der Waals surface area contributed by atoms with Crippen LogP contribution in [0, 0.1) is 0 Å². The fourth-order valence-corrected chi connectivity index (χ4v) is 3.52. The number of thioether (sulfide) groups is 1. The quantitative estimate of drug-likeness (QED) is 0.457. The van der Waals surface area contributed by atoms with Gasteiger partial charge in [0.25, 0.3) is 0 Å². The molecule has 134 valence electrons. The Kier molecular flexibility index (Phi) is 5.54. The molecule has 4 N–H and O–H groups in total. The lowest BCUT2D eigenvalue weighted by Gasteiger charge is -2.11. The predicted octanol–water partition coefficient (Wildman–Crippen LogP) is 2.55. The summed E-state index contributed by atoms with van der Waals surface area (Å²) in [4.78, 5) is 25.0. The fraction of sp³-hybridized carbons (Fsp3) is 0.125.